The van der Waals surface area contributed by atoms with Crippen LogP contribution in [0.2, 0.25) is 0 Å². The molecule has 4 heteroatoms. The smallest absolute Gasteiger partial charge is 0.143 e. The molecular weight excluding hydrogens is 829 g/mol. The second-order valence-electron chi connectivity index (χ2n) is 17.9. The number of rotatable bonds is 7. The van der Waals surface area contributed by atoms with Gasteiger partial charge in [-0.2, -0.15) is 0 Å². The third kappa shape index (κ3) is 6.15. The Morgan fingerprint density at radius 2 is 1.03 bits per heavy atom. The zero-order chi connectivity index (χ0) is 44.7. The van der Waals surface area contributed by atoms with E-state index in [4.69, 9.17) is 8.83 Å². The Kier molecular flexibility index (Phi) is 8.68. The van der Waals surface area contributed by atoms with Crippen molar-refractivity contribution in [1.82, 2.24) is 4.57 Å². The first-order valence-electron chi connectivity index (χ1n) is 23.5. The summed E-state index contributed by atoms with van der Waals surface area (Å²) in [6, 6.07) is 79.0. The molecule has 3 aromatic heterocycles. The zero-order valence-corrected chi connectivity index (χ0v) is 37.1. The van der Waals surface area contributed by atoms with Gasteiger partial charge in [-0.05, 0) is 130 Å². The monoisotopic (exact) mass is 870 g/mol. The summed E-state index contributed by atoms with van der Waals surface area (Å²) in [6.45, 7) is 0. The molecule has 13 aromatic rings. The minimum atomic E-state index is 0.892. The van der Waals surface area contributed by atoms with Crippen LogP contribution in [0.3, 0.4) is 0 Å². The molecule has 0 saturated heterocycles. The lowest BCUT2D eigenvalue weighted by Crippen LogP contribution is -2.09. The van der Waals surface area contributed by atoms with Gasteiger partial charge >= 0.3 is 0 Å². The number of anilines is 3. The number of furan rings is 2. The first kappa shape index (κ1) is 38.4. The second-order valence-corrected chi connectivity index (χ2v) is 17.9. The predicted molar refractivity (Wildman–Crippen MR) is 284 cm³/mol. The standard InChI is InChI=1S/C64H42N2O2/c1-2-14-52-43(11-1)29-37-56-63-51(18-10-22-62(63)68-64(52)56)44-27-35-49(36-28-44)65(48-33-25-42(26-34-48)46-30-38-61-57(40-46)55-17-5-8-21-60(55)67-61)47-31-23-41(24-32-47)45-12-9-13-50(39-45)66-58-19-6-3-15-53(58)54-16-4-7-20-59(54)66/h1-7,9-20,22-40H,8,21H2. The molecule has 14 rings (SSSR count). The lowest BCUT2D eigenvalue weighted by atomic mass is 9.97. The molecule has 0 radical (unpaired) electrons. The number of aryl methyl sites for hydroxylation is 1. The molecule has 0 spiro atoms. The quantitative estimate of drug-likeness (QED) is 0.160. The molecule has 0 saturated carbocycles. The second kappa shape index (κ2) is 15.4. The molecule has 0 N–H and O–H groups in total. The van der Waals surface area contributed by atoms with Crippen LogP contribution in [0.15, 0.2) is 233 Å². The number of fused-ring (bicyclic) bond motifs is 11. The van der Waals surface area contributed by atoms with Crippen molar-refractivity contribution in [3.63, 3.8) is 0 Å². The molecule has 4 nitrogen and oxygen atoms in total. The van der Waals surface area contributed by atoms with E-state index in [2.05, 4.69) is 240 Å². The van der Waals surface area contributed by atoms with E-state index in [1.807, 2.05) is 0 Å². The Morgan fingerprint density at radius 1 is 0.412 bits per heavy atom. The van der Waals surface area contributed by atoms with E-state index >= 15 is 0 Å². The van der Waals surface area contributed by atoms with E-state index in [-0.39, 0.29) is 0 Å². The van der Waals surface area contributed by atoms with Crippen molar-refractivity contribution in [2.45, 2.75) is 12.8 Å². The highest BCUT2D eigenvalue weighted by molar-refractivity contribution is 6.19. The van der Waals surface area contributed by atoms with Gasteiger partial charge in [0, 0.05) is 67.1 Å². The Hall–Kier alpha value is -8.86. The fourth-order valence-electron chi connectivity index (χ4n) is 10.8. The first-order chi connectivity index (χ1) is 33.7. The Bertz CT molecular complexity index is 4080. The summed E-state index contributed by atoms with van der Waals surface area (Å²) in [4.78, 5) is 2.35. The summed E-state index contributed by atoms with van der Waals surface area (Å²) >= 11 is 0. The van der Waals surface area contributed by atoms with Crippen LogP contribution in [0.25, 0.3) is 111 Å². The number of hydrogen-bond donors (Lipinski definition) is 0. The van der Waals surface area contributed by atoms with E-state index < -0.39 is 0 Å². The van der Waals surface area contributed by atoms with Crippen LogP contribution >= 0.6 is 0 Å². The summed E-state index contributed by atoms with van der Waals surface area (Å²) in [5, 5.41) is 8.26. The minimum Gasteiger partial charge on any atom is -0.460 e. The highest BCUT2D eigenvalue weighted by Crippen LogP contribution is 2.43. The predicted octanol–water partition coefficient (Wildman–Crippen LogP) is 18.0. The molecule has 68 heavy (non-hydrogen) atoms. The number of allylic oxidation sites excluding steroid dienone is 1. The average Bonchev–Trinajstić information content (AvgIpc) is 4.09. The third-order valence-electron chi connectivity index (χ3n) is 14.1. The highest BCUT2D eigenvalue weighted by Gasteiger charge is 2.19. The molecule has 0 fully saturated rings. The van der Waals surface area contributed by atoms with Crippen molar-refractivity contribution in [2.24, 2.45) is 0 Å². The fraction of sp³-hybridized carbons (Fsp3) is 0.0312. The SMILES string of the molecule is C1=Cc2c(oc3ccc(-c4ccc(N(c5ccc(-c6cccc(-n7c8ccccc8c8ccccc87)c6)cc5)c5ccc(-c6cccc7oc8c9ccccc9ccc8c67)cc5)cc4)cc23)CC1. The maximum absolute atomic E-state index is 6.57. The van der Waals surface area contributed by atoms with E-state index in [9.17, 15) is 0 Å². The summed E-state index contributed by atoms with van der Waals surface area (Å²) < 4.78 is 15.2. The van der Waals surface area contributed by atoms with Crippen LogP contribution in [-0.2, 0) is 6.42 Å². The van der Waals surface area contributed by atoms with Gasteiger partial charge in [0.1, 0.15) is 22.5 Å². The molecular formula is C64H42N2O2. The first-order valence-corrected chi connectivity index (χ1v) is 23.5. The van der Waals surface area contributed by atoms with Crippen LogP contribution in [0.4, 0.5) is 17.1 Å². The maximum Gasteiger partial charge on any atom is 0.143 e. The van der Waals surface area contributed by atoms with Crippen LogP contribution < -0.4 is 4.90 Å². The maximum atomic E-state index is 6.57. The zero-order valence-electron chi connectivity index (χ0n) is 37.1. The van der Waals surface area contributed by atoms with Crippen LogP contribution in [-0.4, -0.2) is 4.57 Å². The fourth-order valence-corrected chi connectivity index (χ4v) is 10.8. The van der Waals surface area contributed by atoms with Crippen molar-refractivity contribution in [2.75, 3.05) is 4.90 Å². The summed E-state index contributed by atoms with van der Waals surface area (Å²) in [5.74, 6) is 1.09. The topological polar surface area (TPSA) is 34.5 Å². The van der Waals surface area contributed by atoms with Crippen molar-refractivity contribution >= 4 is 88.6 Å². The van der Waals surface area contributed by atoms with Crippen LogP contribution in [0, 0.1) is 0 Å². The van der Waals surface area contributed by atoms with Crippen molar-refractivity contribution in [1.29, 1.82) is 0 Å². The van der Waals surface area contributed by atoms with Crippen LogP contribution in [0.1, 0.15) is 17.7 Å². The van der Waals surface area contributed by atoms with Gasteiger partial charge in [0.05, 0.1) is 11.0 Å². The Balaban J connectivity index is 0.850. The number of aromatic nitrogens is 1. The number of hydrogen-bond acceptors (Lipinski definition) is 3. The van der Waals surface area contributed by atoms with E-state index in [1.54, 1.807) is 0 Å². The van der Waals surface area contributed by atoms with Crippen LogP contribution in [0.5, 0.6) is 0 Å². The summed E-state index contributed by atoms with van der Waals surface area (Å²) in [5.41, 5.74) is 17.7. The molecule has 3 heterocycles. The molecule has 10 aromatic carbocycles. The lowest BCUT2D eigenvalue weighted by Gasteiger charge is -2.26. The minimum absolute atomic E-state index is 0.892. The number of nitrogens with zero attached hydrogens (tertiary/aromatic N) is 2. The van der Waals surface area contributed by atoms with Crippen molar-refractivity contribution < 1.29 is 8.83 Å². The van der Waals surface area contributed by atoms with Gasteiger partial charge in [-0.3, -0.25) is 0 Å². The molecule has 0 amide bonds. The molecule has 0 atom stereocenters. The Morgan fingerprint density at radius 3 is 1.75 bits per heavy atom. The largest absolute Gasteiger partial charge is 0.460 e. The van der Waals surface area contributed by atoms with Gasteiger partial charge in [0.2, 0.25) is 0 Å². The summed E-state index contributed by atoms with van der Waals surface area (Å²) in [6.07, 6.45) is 6.44. The van der Waals surface area contributed by atoms with Gasteiger partial charge in [-0.25, -0.2) is 0 Å². The van der Waals surface area contributed by atoms with Crippen molar-refractivity contribution in [3.8, 4) is 39.1 Å². The van der Waals surface area contributed by atoms with Gasteiger partial charge < -0.3 is 18.3 Å². The van der Waals surface area contributed by atoms with Gasteiger partial charge in [0.15, 0.2) is 0 Å². The van der Waals surface area contributed by atoms with E-state index in [1.165, 1.54) is 43.7 Å². The summed E-state index contributed by atoms with van der Waals surface area (Å²) in [7, 11) is 0. The van der Waals surface area contributed by atoms with E-state index in [0.29, 0.717) is 0 Å². The lowest BCUT2D eigenvalue weighted by molar-refractivity contribution is 0.546. The normalized spacial score (nSPS) is 12.5. The molecule has 0 unspecified atom stereocenters. The van der Waals surface area contributed by atoms with Gasteiger partial charge in [-0.15, -0.1) is 0 Å². The van der Waals surface area contributed by atoms with E-state index in [0.717, 1.165) is 102 Å². The Labute approximate surface area is 392 Å². The molecule has 1 aliphatic rings. The molecule has 1 aliphatic carbocycles. The molecule has 320 valence electrons. The molecule has 0 bridgehead atoms. The number of benzene rings is 10. The third-order valence-corrected chi connectivity index (χ3v) is 14.1. The van der Waals surface area contributed by atoms with Gasteiger partial charge in [0.25, 0.3) is 0 Å². The van der Waals surface area contributed by atoms with Gasteiger partial charge in [-0.1, -0.05) is 146 Å². The van der Waals surface area contributed by atoms with Crippen molar-refractivity contribution in [3.05, 3.63) is 236 Å². The average molecular weight is 871 g/mol. The number of para-hydroxylation sites is 2. The highest BCUT2D eigenvalue weighted by atomic mass is 16.3. The molecule has 0 aliphatic heterocycles.